The predicted octanol–water partition coefficient (Wildman–Crippen LogP) is 3.98. The van der Waals surface area contributed by atoms with Crippen molar-refractivity contribution in [2.75, 3.05) is 7.11 Å². The summed E-state index contributed by atoms with van der Waals surface area (Å²) in [6.45, 7) is 2.12. The van der Waals surface area contributed by atoms with Gasteiger partial charge in [0.15, 0.2) is 0 Å². The lowest BCUT2D eigenvalue weighted by Gasteiger charge is -2.02. The molecule has 0 unspecified atom stereocenters. The maximum absolute atomic E-state index is 5.24. The van der Waals surface area contributed by atoms with Gasteiger partial charge in [-0.15, -0.1) is 11.3 Å². The van der Waals surface area contributed by atoms with Gasteiger partial charge in [-0.2, -0.15) is 0 Å². The lowest BCUT2D eigenvalue weighted by atomic mass is 10.2. The van der Waals surface area contributed by atoms with Crippen LogP contribution in [-0.4, -0.2) is 7.11 Å². The molecule has 0 spiro atoms. The highest BCUT2D eigenvalue weighted by Crippen LogP contribution is 2.34. The van der Waals surface area contributed by atoms with E-state index in [2.05, 4.69) is 40.4 Å². The van der Waals surface area contributed by atoms with E-state index >= 15 is 0 Å². The van der Waals surface area contributed by atoms with Gasteiger partial charge >= 0.3 is 0 Å². The second kappa shape index (κ2) is 3.31. The fourth-order valence-corrected chi connectivity index (χ4v) is 2.93. The first-order chi connectivity index (χ1) is 6.22. The van der Waals surface area contributed by atoms with Crippen LogP contribution in [0.1, 0.15) is 5.56 Å². The molecule has 0 N–H and O–H groups in total. The maximum atomic E-state index is 5.24. The number of aryl methyl sites for hydroxylation is 1. The zero-order valence-electron chi connectivity index (χ0n) is 7.43. The van der Waals surface area contributed by atoms with Crippen molar-refractivity contribution in [1.82, 2.24) is 0 Å². The molecule has 0 fully saturated rings. The molecule has 0 saturated carbocycles. The van der Waals surface area contributed by atoms with Crippen LogP contribution in [0.25, 0.3) is 10.1 Å². The lowest BCUT2D eigenvalue weighted by molar-refractivity contribution is 0.413. The van der Waals surface area contributed by atoms with Gasteiger partial charge in [0, 0.05) is 4.70 Å². The minimum Gasteiger partial charge on any atom is -0.496 e. The molecule has 68 valence electrons. The summed E-state index contributed by atoms with van der Waals surface area (Å²) in [5.41, 5.74) is 1.31. The largest absolute Gasteiger partial charge is 0.496 e. The van der Waals surface area contributed by atoms with Crippen molar-refractivity contribution < 1.29 is 4.74 Å². The molecule has 2 rings (SSSR count). The fraction of sp³-hybridized carbons (Fsp3) is 0.200. The number of ether oxygens (including phenoxy) is 1. The predicted molar refractivity (Wildman–Crippen MR) is 60.8 cm³/mol. The highest BCUT2D eigenvalue weighted by molar-refractivity contribution is 9.10. The first-order valence-corrected chi connectivity index (χ1v) is 5.61. The molecule has 1 heterocycles. The Balaban J connectivity index is 2.77. The summed E-state index contributed by atoms with van der Waals surface area (Å²) in [6, 6.07) is 4.18. The number of hydrogen-bond acceptors (Lipinski definition) is 2. The van der Waals surface area contributed by atoms with Crippen molar-refractivity contribution in [3.63, 3.8) is 0 Å². The summed E-state index contributed by atoms with van der Waals surface area (Å²) in [5, 5.41) is 3.45. The third kappa shape index (κ3) is 1.46. The highest BCUT2D eigenvalue weighted by Gasteiger charge is 2.05. The summed E-state index contributed by atoms with van der Waals surface area (Å²) in [4.78, 5) is 0. The first kappa shape index (κ1) is 9.03. The zero-order chi connectivity index (χ0) is 9.42. The molecule has 3 heteroatoms. The van der Waals surface area contributed by atoms with Crippen LogP contribution in [0.2, 0.25) is 0 Å². The Labute approximate surface area is 89.5 Å². The molecule has 0 aliphatic heterocycles. The quantitative estimate of drug-likeness (QED) is 0.750. The van der Waals surface area contributed by atoms with Crippen LogP contribution in [0, 0.1) is 6.92 Å². The van der Waals surface area contributed by atoms with Crippen LogP contribution in [0.4, 0.5) is 0 Å². The Kier molecular flexibility index (Phi) is 2.30. The van der Waals surface area contributed by atoms with Crippen LogP contribution >= 0.6 is 27.3 Å². The molecular formula is C10H9BrOS. The van der Waals surface area contributed by atoms with Crippen LogP contribution in [0.3, 0.4) is 0 Å². The van der Waals surface area contributed by atoms with E-state index in [-0.39, 0.29) is 0 Å². The van der Waals surface area contributed by atoms with Gasteiger partial charge < -0.3 is 4.74 Å². The average molecular weight is 257 g/mol. The molecule has 13 heavy (non-hydrogen) atoms. The molecule has 0 bridgehead atoms. The number of rotatable bonds is 1. The van der Waals surface area contributed by atoms with Crippen molar-refractivity contribution >= 4 is 37.4 Å². The molecule has 0 atom stereocenters. The monoisotopic (exact) mass is 256 g/mol. The minimum absolute atomic E-state index is 0.897. The molecule has 1 nitrogen and oxygen atoms in total. The highest BCUT2D eigenvalue weighted by atomic mass is 79.9. The Morgan fingerprint density at radius 1 is 1.38 bits per heavy atom. The summed E-state index contributed by atoms with van der Waals surface area (Å²) in [7, 11) is 1.69. The van der Waals surface area contributed by atoms with Gasteiger partial charge in [0.05, 0.1) is 11.6 Å². The number of hydrogen-bond donors (Lipinski definition) is 0. The number of fused-ring (bicyclic) bond motifs is 1. The van der Waals surface area contributed by atoms with E-state index in [4.69, 9.17) is 4.74 Å². The molecule has 0 radical (unpaired) electrons. The van der Waals surface area contributed by atoms with Gasteiger partial charge in [0.1, 0.15) is 5.75 Å². The molecule has 1 aromatic carbocycles. The number of halogens is 1. The van der Waals surface area contributed by atoms with E-state index in [0.29, 0.717) is 0 Å². The first-order valence-electron chi connectivity index (χ1n) is 3.93. The molecule has 0 aliphatic carbocycles. The van der Waals surface area contributed by atoms with Gasteiger partial charge in [0.2, 0.25) is 0 Å². The number of methoxy groups -OCH3 is 1. The van der Waals surface area contributed by atoms with Crippen LogP contribution in [0.15, 0.2) is 22.0 Å². The fourth-order valence-electron chi connectivity index (χ4n) is 1.31. The van der Waals surface area contributed by atoms with Crippen molar-refractivity contribution in [3.8, 4) is 5.75 Å². The van der Waals surface area contributed by atoms with E-state index in [1.54, 1.807) is 18.4 Å². The smallest absolute Gasteiger partial charge is 0.133 e. The molecule has 2 aromatic rings. The van der Waals surface area contributed by atoms with Crippen molar-refractivity contribution in [2.45, 2.75) is 6.92 Å². The number of benzene rings is 1. The third-order valence-corrected chi connectivity index (χ3v) is 3.72. The van der Waals surface area contributed by atoms with E-state index in [1.807, 2.05) is 0 Å². The van der Waals surface area contributed by atoms with E-state index in [0.717, 1.165) is 10.2 Å². The Bertz CT molecular complexity index is 447. The molecule has 1 aromatic heterocycles. The van der Waals surface area contributed by atoms with Gasteiger partial charge in [-0.25, -0.2) is 0 Å². The average Bonchev–Trinajstić information content (AvgIpc) is 2.46. The lowest BCUT2D eigenvalue weighted by Crippen LogP contribution is -1.83. The van der Waals surface area contributed by atoms with E-state index in [9.17, 15) is 0 Å². The van der Waals surface area contributed by atoms with Crippen LogP contribution in [-0.2, 0) is 0 Å². The van der Waals surface area contributed by atoms with Crippen molar-refractivity contribution in [2.24, 2.45) is 0 Å². The van der Waals surface area contributed by atoms with Gasteiger partial charge in [0.25, 0.3) is 0 Å². The van der Waals surface area contributed by atoms with Gasteiger partial charge in [-0.3, -0.25) is 0 Å². The summed E-state index contributed by atoms with van der Waals surface area (Å²) >= 11 is 5.23. The minimum atomic E-state index is 0.897. The topological polar surface area (TPSA) is 9.23 Å². The number of thiophene rings is 1. The summed E-state index contributed by atoms with van der Waals surface area (Å²) < 4.78 is 7.55. The SMILES string of the molecule is COc1cc2c(C)csc2cc1Br. The van der Waals surface area contributed by atoms with Gasteiger partial charge in [-0.05, 0) is 51.3 Å². The molecule has 0 aliphatic rings. The van der Waals surface area contributed by atoms with Crippen LogP contribution in [0.5, 0.6) is 5.75 Å². The second-order valence-electron chi connectivity index (χ2n) is 2.90. The summed E-state index contributed by atoms with van der Waals surface area (Å²) in [5.74, 6) is 0.897. The maximum Gasteiger partial charge on any atom is 0.133 e. The Morgan fingerprint density at radius 3 is 2.85 bits per heavy atom. The molecule has 0 amide bonds. The van der Waals surface area contributed by atoms with Crippen molar-refractivity contribution in [1.29, 1.82) is 0 Å². The second-order valence-corrected chi connectivity index (χ2v) is 4.67. The summed E-state index contributed by atoms with van der Waals surface area (Å²) in [6.07, 6.45) is 0. The van der Waals surface area contributed by atoms with Crippen molar-refractivity contribution in [3.05, 3.63) is 27.5 Å². The normalized spacial score (nSPS) is 10.7. The third-order valence-electron chi connectivity index (χ3n) is 2.04. The molecule has 0 saturated heterocycles. The van der Waals surface area contributed by atoms with E-state index < -0.39 is 0 Å². The Hall–Kier alpha value is -0.540. The van der Waals surface area contributed by atoms with Crippen LogP contribution < -0.4 is 4.74 Å². The molecular weight excluding hydrogens is 248 g/mol. The Morgan fingerprint density at radius 2 is 2.15 bits per heavy atom. The zero-order valence-corrected chi connectivity index (χ0v) is 9.83. The van der Waals surface area contributed by atoms with Gasteiger partial charge in [-0.1, -0.05) is 0 Å². The standard InChI is InChI=1S/C10H9BrOS/c1-6-5-13-10-4-8(11)9(12-2)3-7(6)10/h3-5H,1-2H3. The van der Waals surface area contributed by atoms with E-state index in [1.165, 1.54) is 15.6 Å².